The Labute approximate surface area is 185 Å². The van der Waals surface area contributed by atoms with E-state index >= 15 is 0 Å². The maximum absolute atomic E-state index is 5.26. The molecule has 0 amide bonds. The molecule has 3 atom stereocenters. The average molecular weight is 413 g/mol. The van der Waals surface area contributed by atoms with Gasteiger partial charge in [-0.15, -0.1) is 0 Å². The Bertz CT molecular complexity index is 1150. The van der Waals surface area contributed by atoms with Gasteiger partial charge < -0.3 is 5.32 Å². The first-order valence-electron chi connectivity index (χ1n) is 11.9. The molecule has 0 saturated carbocycles. The molecule has 0 fully saturated rings. The molecule has 1 aromatic heterocycles. The van der Waals surface area contributed by atoms with Crippen LogP contribution in [0, 0.1) is 5.92 Å². The van der Waals surface area contributed by atoms with Crippen LogP contribution in [-0.4, -0.2) is 33.3 Å². The Hall–Kier alpha value is -2.59. The zero-order valence-corrected chi connectivity index (χ0v) is 19.0. The standard InChI is InChI=1S/C27H32N4/c1-5-18-7-6-8-20-25-19-11-13-28-23(19)10-9-21(25)27-22-15-30(17(4)16(2)3)14-12-24(22)29-31(27)26(18)20/h6-11,13,16-17,21,23,28H,5,12,14-15H2,1-4H3. The third-order valence-corrected chi connectivity index (χ3v) is 7.93. The van der Waals surface area contributed by atoms with Crippen LogP contribution in [-0.2, 0) is 19.4 Å². The number of benzene rings is 1. The number of allylic oxidation sites excluding steroid dienone is 2. The van der Waals surface area contributed by atoms with Crippen LogP contribution in [0.4, 0.5) is 0 Å². The fourth-order valence-electron chi connectivity index (χ4n) is 5.92. The second-order valence-electron chi connectivity index (χ2n) is 9.80. The van der Waals surface area contributed by atoms with Gasteiger partial charge in [0.25, 0.3) is 0 Å². The molecule has 1 aliphatic carbocycles. The molecular weight excluding hydrogens is 380 g/mol. The number of fused-ring (bicyclic) bond motifs is 9. The summed E-state index contributed by atoms with van der Waals surface area (Å²) in [4.78, 5) is 2.66. The second kappa shape index (κ2) is 6.96. The highest BCUT2D eigenvalue weighted by Crippen LogP contribution is 2.50. The highest BCUT2D eigenvalue weighted by atomic mass is 15.3. The van der Waals surface area contributed by atoms with Crippen molar-refractivity contribution in [2.75, 3.05) is 6.54 Å². The minimum absolute atomic E-state index is 0.279. The summed E-state index contributed by atoms with van der Waals surface area (Å²) in [5.41, 5.74) is 11.1. The van der Waals surface area contributed by atoms with Crippen LogP contribution >= 0.6 is 0 Å². The lowest BCUT2D eigenvalue weighted by Crippen LogP contribution is -2.40. The monoisotopic (exact) mass is 412 g/mol. The molecule has 4 nitrogen and oxygen atoms in total. The van der Waals surface area contributed by atoms with Crippen LogP contribution in [0.3, 0.4) is 0 Å². The maximum Gasteiger partial charge on any atom is 0.0756 e. The van der Waals surface area contributed by atoms with Crippen molar-refractivity contribution < 1.29 is 0 Å². The zero-order valence-electron chi connectivity index (χ0n) is 19.0. The summed E-state index contributed by atoms with van der Waals surface area (Å²) >= 11 is 0. The molecule has 31 heavy (non-hydrogen) atoms. The van der Waals surface area contributed by atoms with E-state index in [-0.39, 0.29) is 5.92 Å². The molecule has 1 N–H and O–H groups in total. The van der Waals surface area contributed by atoms with Gasteiger partial charge in [-0.3, -0.25) is 4.90 Å². The molecule has 0 radical (unpaired) electrons. The summed E-state index contributed by atoms with van der Waals surface area (Å²) < 4.78 is 2.33. The fraction of sp³-hybridized carbons (Fsp3) is 0.444. The van der Waals surface area contributed by atoms with Crippen LogP contribution < -0.4 is 5.32 Å². The van der Waals surface area contributed by atoms with Gasteiger partial charge in [-0.05, 0) is 48.2 Å². The third kappa shape index (κ3) is 2.67. The predicted octanol–water partition coefficient (Wildman–Crippen LogP) is 4.74. The summed E-state index contributed by atoms with van der Waals surface area (Å²) in [6, 6.07) is 7.69. The number of hydrogen-bond donors (Lipinski definition) is 1. The Morgan fingerprint density at radius 1 is 1.19 bits per heavy atom. The van der Waals surface area contributed by atoms with Crippen LogP contribution in [0.2, 0.25) is 0 Å². The summed E-state index contributed by atoms with van der Waals surface area (Å²) in [5, 5.41) is 8.77. The quantitative estimate of drug-likeness (QED) is 0.739. The molecule has 4 aliphatic rings. The van der Waals surface area contributed by atoms with Gasteiger partial charge in [-0.1, -0.05) is 51.1 Å². The number of para-hydroxylation sites is 1. The van der Waals surface area contributed by atoms with E-state index in [1.165, 1.54) is 44.9 Å². The minimum atomic E-state index is 0.279. The van der Waals surface area contributed by atoms with E-state index in [2.05, 4.69) is 85.2 Å². The SMILES string of the molecule is CCc1cccc2c1-n1nc3c(c1C1C=CC4NC=CC4=C21)CN(C(C)C(C)C)CC3. The average Bonchev–Trinajstić information content (AvgIpc) is 3.41. The number of nitrogens with one attached hydrogen (secondary N) is 1. The number of aryl methyl sites for hydroxylation is 1. The lowest BCUT2D eigenvalue weighted by molar-refractivity contribution is 0.152. The molecule has 4 heterocycles. The van der Waals surface area contributed by atoms with E-state index < -0.39 is 0 Å². The first-order valence-corrected chi connectivity index (χ1v) is 11.9. The number of aromatic nitrogens is 2. The topological polar surface area (TPSA) is 33.1 Å². The fourth-order valence-corrected chi connectivity index (χ4v) is 5.92. The van der Waals surface area contributed by atoms with Crippen molar-refractivity contribution in [3.63, 3.8) is 0 Å². The van der Waals surface area contributed by atoms with Crippen molar-refractivity contribution in [3.05, 3.63) is 76.3 Å². The van der Waals surface area contributed by atoms with E-state index in [1.54, 1.807) is 0 Å². The van der Waals surface area contributed by atoms with Crippen molar-refractivity contribution >= 4 is 5.57 Å². The van der Waals surface area contributed by atoms with E-state index in [4.69, 9.17) is 5.10 Å². The number of rotatable bonds is 3. The molecule has 0 saturated heterocycles. The van der Waals surface area contributed by atoms with Gasteiger partial charge in [0.1, 0.15) is 0 Å². The summed E-state index contributed by atoms with van der Waals surface area (Å²) in [6.45, 7) is 11.4. The molecular formula is C27H32N4. The van der Waals surface area contributed by atoms with Crippen molar-refractivity contribution in [1.29, 1.82) is 0 Å². The number of nitrogens with zero attached hydrogens (tertiary/aromatic N) is 3. The Balaban J connectivity index is 1.59. The summed E-state index contributed by atoms with van der Waals surface area (Å²) in [5.74, 6) is 0.934. The minimum Gasteiger partial charge on any atom is -0.381 e. The Morgan fingerprint density at radius 3 is 2.87 bits per heavy atom. The van der Waals surface area contributed by atoms with Gasteiger partial charge in [0.05, 0.1) is 23.1 Å². The molecule has 2 aromatic rings. The van der Waals surface area contributed by atoms with Gasteiger partial charge in [0.15, 0.2) is 0 Å². The van der Waals surface area contributed by atoms with E-state index in [9.17, 15) is 0 Å². The Morgan fingerprint density at radius 2 is 2.06 bits per heavy atom. The van der Waals surface area contributed by atoms with Gasteiger partial charge in [-0.25, -0.2) is 4.68 Å². The van der Waals surface area contributed by atoms with E-state index in [1.807, 2.05) is 0 Å². The molecule has 3 aliphatic heterocycles. The highest BCUT2D eigenvalue weighted by molar-refractivity contribution is 5.88. The predicted molar refractivity (Wildman–Crippen MR) is 126 cm³/mol. The number of hydrogen-bond acceptors (Lipinski definition) is 3. The van der Waals surface area contributed by atoms with E-state index in [0.717, 1.165) is 25.9 Å². The molecule has 0 bridgehead atoms. The Kier molecular flexibility index (Phi) is 4.29. The summed E-state index contributed by atoms with van der Waals surface area (Å²) in [7, 11) is 0. The van der Waals surface area contributed by atoms with Gasteiger partial charge in [0.2, 0.25) is 0 Å². The molecule has 4 heteroatoms. The zero-order chi connectivity index (χ0) is 21.3. The maximum atomic E-state index is 5.26. The molecule has 160 valence electrons. The van der Waals surface area contributed by atoms with Gasteiger partial charge in [0, 0.05) is 42.6 Å². The molecule has 0 spiro atoms. The van der Waals surface area contributed by atoms with Crippen molar-refractivity contribution in [2.24, 2.45) is 5.92 Å². The third-order valence-electron chi connectivity index (χ3n) is 7.93. The van der Waals surface area contributed by atoms with Crippen LogP contribution in [0.1, 0.15) is 61.7 Å². The van der Waals surface area contributed by atoms with E-state index in [0.29, 0.717) is 18.0 Å². The molecule has 1 aromatic carbocycles. The second-order valence-corrected chi connectivity index (χ2v) is 9.80. The first-order chi connectivity index (χ1) is 15.1. The van der Waals surface area contributed by atoms with Crippen molar-refractivity contribution in [2.45, 2.75) is 65.1 Å². The van der Waals surface area contributed by atoms with Crippen molar-refractivity contribution in [1.82, 2.24) is 20.0 Å². The lowest BCUT2D eigenvalue weighted by atomic mass is 9.76. The van der Waals surface area contributed by atoms with Gasteiger partial charge >= 0.3 is 0 Å². The first kappa shape index (κ1) is 19.1. The normalized spacial score (nSPS) is 24.4. The lowest BCUT2D eigenvalue weighted by Gasteiger charge is -2.37. The molecule has 3 unspecified atom stereocenters. The summed E-state index contributed by atoms with van der Waals surface area (Å²) in [6.07, 6.45) is 11.2. The highest BCUT2D eigenvalue weighted by Gasteiger charge is 2.40. The smallest absolute Gasteiger partial charge is 0.0756 e. The largest absolute Gasteiger partial charge is 0.381 e. The van der Waals surface area contributed by atoms with Gasteiger partial charge in [-0.2, -0.15) is 5.10 Å². The van der Waals surface area contributed by atoms with Crippen LogP contribution in [0.15, 0.2) is 48.2 Å². The van der Waals surface area contributed by atoms with Crippen LogP contribution in [0.25, 0.3) is 11.3 Å². The molecule has 6 rings (SSSR count). The van der Waals surface area contributed by atoms with Crippen molar-refractivity contribution in [3.8, 4) is 5.69 Å². The van der Waals surface area contributed by atoms with Crippen LogP contribution in [0.5, 0.6) is 0 Å².